The molecule has 9 aromatic rings. The molecule has 0 atom stereocenters. The van der Waals surface area contributed by atoms with Gasteiger partial charge in [-0.05, 0) is 53.0 Å². The van der Waals surface area contributed by atoms with Gasteiger partial charge < -0.3 is 4.90 Å². The maximum absolute atomic E-state index is 9.61. The second kappa shape index (κ2) is 10.7. The van der Waals surface area contributed by atoms with Crippen LogP contribution in [0.15, 0.2) is 164 Å². The first kappa shape index (κ1) is 20.7. The van der Waals surface area contributed by atoms with Crippen LogP contribution >= 0.6 is 22.7 Å². The molecule has 7 aromatic carbocycles. The normalized spacial score (nSPS) is 13.4. The Morgan fingerprint density at radius 3 is 2.00 bits per heavy atom. The molecule has 9 rings (SSSR count). The van der Waals surface area contributed by atoms with E-state index in [0.717, 1.165) is 53.8 Å². The van der Waals surface area contributed by atoms with Crippen LogP contribution in [0, 0.1) is 0 Å². The number of nitrogens with zero attached hydrogens (tertiary/aromatic N) is 1. The molecule has 45 heavy (non-hydrogen) atoms. The van der Waals surface area contributed by atoms with E-state index in [-0.39, 0.29) is 36.3 Å². The number of thiophene rings is 2. The Labute approximate surface area is 278 Å². The summed E-state index contributed by atoms with van der Waals surface area (Å²) >= 11 is 2.86. The van der Waals surface area contributed by atoms with Gasteiger partial charge in [-0.1, -0.05) is 127 Å². The number of hydrogen-bond acceptors (Lipinski definition) is 3. The highest BCUT2D eigenvalue weighted by atomic mass is 32.1. The van der Waals surface area contributed by atoms with Crippen LogP contribution in [0.25, 0.3) is 62.6 Å². The van der Waals surface area contributed by atoms with E-state index in [2.05, 4.69) is 65.6 Å². The number of fused-ring (bicyclic) bond motifs is 6. The number of rotatable bonds is 5. The molecule has 0 saturated carbocycles. The Morgan fingerprint density at radius 2 is 1.18 bits per heavy atom. The summed E-state index contributed by atoms with van der Waals surface area (Å²) in [5.41, 5.74) is 6.03. The van der Waals surface area contributed by atoms with Crippen molar-refractivity contribution >= 4 is 80.1 Å². The van der Waals surface area contributed by atoms with Gasteiger partial charge in [0.2, 0.25) is 0 Å². The van der Waals surface area contributed by atoms with E-state index >= 15 is 0 Å². The van der Waals surface area contributed by atoms with Gasteiger partial charge in [0, 0.05) is 46.9 Å². The summed E-state index contributed by atoms with van der Waals surface area (Å²) in [6.07, 6.45) is 0. The van der Waals surface area contributed by atoms with Gasteiger partial charge >= 0.3 is 0 Å². The molecule has 0 unspecified atom stereocenters. The summed E-state index contributed by atoms with van der Waals surface area (Å²) in [5.74, 6) is 0. The average molecular weight is 616 g/mol. The fraction of sp³-hybridized carbons (Fsp3) is 0. The minimum atomic E-state index is -0.219. The van der Waals surface area contributed by atoms with E-state index in [0.29, 0.717) is 25.9 Å². The highest BCUT2D eigenvalue weighted by molar-refractivity contribution is 7.26. The molecular formula is C42H27NS2. The minimum Gasteiger partial charge on any atom is -0.308 e. The maximum atomic E-state index is 9.61. The number of hydrogen-bond donors (Lipinski definition) is 0. The van der Waals surface area contributed by atoms with E-state index in [1.54, 1.807) is 17.4 Å². The lowest BCUT2D eigenvalue weighted by molar-refractivity contribution is 1.32. The van der Waals surface area contributed by atoms with Crippen LogP contribution in [0.1, 0.15) is 8.22 Å². The molecule has 0 aliphatic rings. The molecule has 0 radical (unpaired) electrons. The third-order valence-corrected chi connectivity index (χ3v) is 10.5. The topological polar surface area (TPSA) is 3.24 Å². The summed E-state index contributed by atoms with van der Waals surface area (Å²) in [6, 6.07) is 41.9. The number of benzene rings is 7. The minimum absolute atomic E-state index is 0.0857. The molecule has 0 fully saturated rings. The summed E-state index contributed by atoms with van der Waals surface area (Å²) in [6.45, 7) is 0. The summed E-state index contributed by atoms with van der Waals surface area (Å²) in [4.78, 5) is 2.06. The van der Waals surface area contributed by atoms with Gasteiger partial charge in [-0.25, -0.2) is 0 Å². The van der Waals surface area contributed by atoms with E-state index in [1.165, 1.54) is 11.3 Å². The maximum Gasteiger partial charge on any atom is 0.0718 e. The van der Waals surface area contributed by atoms with Gasteiger partial charge in [-0.3, -0.25) is 0 Å². The van der Waals surface area contributed by atoms with Crippen molar-refractivity contribution in [2.24, 2.45) is 0 Å². The zero-order valence-corrected chi connectivity index (χ0v) is 25.5. The van der Waals surface area contributed by atoms with Crippen molar-refractivity contribution in [3.8, 4) is 22.3 Å². The lowest BCUT2D eigenvalue weighted by atomic mass is 9.98. The lowest BCUT2D eigenvalue weighted by Gasteiger charge is -2.29. The summed E-state index contributed by atoms with van der Waals surface area (Å²) in [7, 11) is 0. The van der Waals surface area contributed by atoms with Crippen molar-refractivity contribution in [3.05, 3.63) is 164 Å². The van der Waals surface area contributed by atoms with Gasteiger partial charge in [0.25, 0.3) is 0 Å². The first-order valence-corrected chi connectivity index (χ1v) is 16.3. The first-order valence-electron chi connectivity index (χ1n) is 17.7. The largest absolute Gasteiger partial charge is 0.308 e. The molecule has 2 heterocycles. The molecule has 0 N–H and O–H groups in total. The molecule has 0 aliphatic heterocycles. The predicted molar refractivity (Wildman–Crippen MR) is 198 cm³/mol. The fourth-order valence-electron chi connectivity index (χ4n) is 6.23. The van der Waals surface area contributed by atoms with Crippen LogP contribution in [0.3, 0.4) is 0 Å². The molecule has 0 amide bonds. The van der Waals surface area contributed by atoms with E-state index in [4.69, 9.17) is 6.85 Å². The molecular weight excluding hydrogens is 583 g/mol. The van der Waals surface area contributed by atoms with Crippen LogP contribution in [0.5, 0.6) is 0 Å². The SMILES string of the molecule is [2H]c1cc2c(sc3c([2H])c([2H])c([2H])c(N(c4ccc(-c5ccccc5)cc4)c4c(-c5ccccc5)ccc5c4sc4ccccc45)c32)c([2H])c1[2H]. The second-order valence-corrected chi connectivity index (χ2v) is 12.9. The van der Waals surface area contributed by atoms with E-state index in [1.807, 2.05) is 60.7 Å². The Kier molecular flexibility index (Phi) is 4.94. The van der Waals surface area contributed by atoms with Crippen LogP contribution in [0.4, 0.5) is 17.1 Å². The monoisotopic (exact) mass is 615 g/mol. The first-order chi connectivity index (χ1) is 24.8. The lowest BCUT2D eigenvalue weighted by Crippen LogP contribution is -2.12. The Bertz CT molecular complexity index is 2810. The van der Waals surface area contributed by atoms with Crippen molar-refractivity contribution in [1.29, 1.82) is 0 Å². The molecule has 2 aromatic heterocycles. The fourth-order valence-corrected chi connectivity index (χ4v) is 8.46. The van der Waals surface area contributed by atoms with Crippen LogP contribution in [0.2, 0.25) is 0 Å². The Hall–Kier alpha value is -5.22. The smallest absolute Gasteiger partial charge is 0.0718 e. The zero-order chi connectivity index (χ0) is 35.0. The third kappa shape index (κ3) is 4.35. The van der Waals surface area contributed by atoms with Gasteiger partial charge in [0.15, 0.2) is 0 Å². The highest BCUT2D eigenvalue weighted by Gasteiger charge is 2.25. The van der Waals surface area contributed by atoms with Gasteiger partial charge in [0.05, 0.1) is 24.3 Å². The van der Waals surface area contributed by atoms with Crippen LogP contribution in [-0.4, -0.2) is 0 Å². The quantitative estimate of drug-likeness (QED) is 0.186. The number of anilines is 3. The average Bonchev–Trinajstić information content (AvgIpc) is 3.74. The molecule has 1 nitrogen and oxygen atoms in total. The highest BCUT2D eigenvalue weighted by Crippen LogP contribution is 2.52. The molecule has 0 aliphatic carbocycles. The molecule has 0 spiro atoms. The van der Waals surface area contributed by atoms with Crippen molar-refractivity contribution < 1.29 is 8.22 Å². The van der Waals surface area contributed by atoms with Crippen molar-refractivity contribution in [2.45, 2.75) is 0 Å². The van der Waals surface area contributed by atoms with Crippen molar-refractivity contribution in [1.82, 2.24) is 0 Å². The molecule has 0 bridgehead atoms. The van der Waals surface area contributed by atoms with Crippen molar-refractivity contribution in [3.63, 3.8) is 0 Å². The summed E-state index contributed by atoms with van der Waals surface area (Å²) < 4.78 is 56.6. The Balaban J connectivity index is 1.47. The molecule has 3 heteroatoms. The van der Waals surface area contributed by atoms with Crippen molar-refractivity contribution in [2.75, 3.05) is 4.90 Å². The second-order valence-electron chi connectivity index (χ2n) is 10.9. The van der Waals surface area contributed by atoms with Crippen LogP contribution < -0.4 is 4.90 Å². The van der Waals surface area contributed by atoms with Gasteiger partial charge in [-0.2, -0.15) is 0 Å². The zero-order valence-electron chi connectivity index (χ0n) is 29.9. The van der Waals surface area contributed by atoms with Gasteiger partial charge in [0.1, 0.15) is 0 Å². The van der Waals surface area contributed by atoms with E-state index in [9.17, 15) is 1.37 Å². The summed E-state index contributed by atoms with van der Waals surface area (Å²) in [5, 5.41) is 3.26. The van der Waals surface area contributed by atoms with Crippen LogP contribution in [-0.2, 0) is 0 Å². The molecule has 212 valence electrons. The molecule has 0 saturated heterocycles. The van der Waals surface area contributed by atoms with E-state index < -0.39 is 0 Å². The third-order valence-electron chi connectivity index (χ3n) is 8.29. The predicted octanol–water partition coefficient (Wildman–Crippen LogP) is 13.2. The standard InChI is InChI=1S/C42H27NS2/c1-3-12-28(13-4-1)29-22-24-31(25-23-29)43(36-18-11-21-39-40(36)35-17-8-10-20-38(35)44-39)41-32(30-14-5-2-6-15-30)26-27-34-33-16-7-9-19-37(33)45-42(34)41/h1-27H/i8D,10D,11D,18D,20D,21D. The van der Waals surface area contributed by atoms with Gasteiger partial charge in [-0.15, -0.1) is 22.7 Å². The Morgan fingerprint density at radius 1 is 0.467 bits per heavy atom.